The van der Waals surface area contributed by atoms with Gasteiger partial charge >= 0.3 is 6.03 Å². The van der Waals surface area contributed by atoms with Gasteiger partial charge in [0.25, 0.3) is 0 Å². The van der Waals surface area contributed by atoms with Crippen LogP contribution in [0.1, 0.15) is 10.4 Å². The summed E-state index contributed by atoms with van der Waals surface area (Å²) in [5, 5.41) is 2.91. The van der Waals surface area contributed by atoms with Crippen molar-refractivity contribution in [3.05, 3.63) is 50.6 Å². The van der Waals surface area contributed by atoms with Crippen molar-refractivity contribution in [2.45, 2.75) is 18.0 Å². The molecule has 1 aromatic carbocycles. The highest BCUT2D eigenvalue weighted by Gasteiger charge is 2.21. The van der Waals surface area contributed by atoms with Gasteiger partial charge in [-0.05, 0) is 45.8 Å². The molecule has 27 heavy (non-hydrogen) atoms. The topological polar surface area (TPSA) is 69.7 Å². The van der Waals surface area contributed by atoms with Gasteiger partial charge in [-0.25, -0.2) is 13.2 Å². The Bertz CT molecular complexity index is 889. The first-order valence-corrected chi connectivity index (χ1v) is 12.1. The zero-order chi connectivity index (χ0) is 19.4. The normalized spacial score (nSPS) is 15.7. The van der Waals surface area contributed by atoms with E-state index in [1.165, 1.54) is 11.1 Å². The van der Waals surface area contributed by atoms with E-state index in [9.17, 15) is 13.2 Å². The molecule has 0 saturated carbocycles. The summed E-state index contributed by atoms with van der Waals surface area (Å²) >= 11 is 5.23. The number of sulfone groups is 1. The fourth-order valence-electron chi connectivity index (χ4n) is 2.91. The van der Waals surface area contributed by atoms with Crippen molar-refractivity contribution in [1.82, 2.24) is 15.1 Å². The summed E-state index contributed by atoms with van der Waals surface area (Å²) < 4.78 is 24.1. The molecular weight excluding hydrogens is 450 g/mol. The first kappa shape index (κ1) is 20.3. The molecule has 2 heterocycles. The Balaban J connectivity index is 1.44. The Morgan fingerprint density at radius 3 is 2.33 bits per heavy atom. The zero-order valence-electron chi connectivity index (χ0n) is 15.0. The van der Waals surface area contributed by atoms with E-state index in [4.69, 9.17) is 0 Å². The average molecular weight is 472 g/mol. The number of nitrogens with zero attached hydrogens (tertiary/aromatic N) is 2. The van der Waals surface area contributed by atoms with Gasteiger partial charge in [0, 0.05) is 50.4 Å². The maximum absolute atomic E-state index is 12.4. The number of carbonyl (C=O) groups is 1. The van der Waals surface area contributed by atoms with Crippen LogP contribution in [-0.2, 0) is 22.9 Å². The third-order valence-electron chi connectivity index (χ3n) is 4.46. The molecule has 2 amide bonds. The molecule has 0 aliphatic carbocycles. The van der Waals surface area contributed by atoms with Crippen LogP contribution in [0.15, 0.2) is 45.1 Å². The number of amides is 2. The zero-order valence-corrected chi connectivity index (χ0v) is 18.2. The fourth-order valence-corrected chi connectivity index (χ4v) is 5.07. The number of urea groups is 1. The molecule has 0 spiro atoms. The Hall–Kier alpha value is -1.42. The van der Waals surface area contributed by atoms with E-state index < -0.39 is 9.84 Å². The van der Waals surface area contributed by atoms with Crippen LogP contribution >= 0.6 is 27.3 Å². The largest absolute Gasteiger partial charge is 0.334 e. The maximum Gasteiger partial charge on any atom is 0.317 e. The minimum atomic E-state index is -3.20. The monoisotopic (exact) mass is 471 g/mol. The van der Waals surface area contributed by atoms with Gasteiger partial charge in [-0.3, -0.25) is 4.90 Å². The van der Waals surface area contributed by atoms with Crippen LogP contribution in [0.3, 0.4) is 0 Å². The summed E-state index contributed by atoms with van der Waals surface area (Å²) in [5.41, 5.74) is 0.873. The van der Waals surface area contributed by atoms with E-state index in [1.54, 1.807) is 35.6 Å². The standard InChI is InChI=1S/C18H22BrN3O3S2/c1-27(24,25)16-5-2-14(3-6-16)12-20-18(23)22-10-8-21(9-11-22)13-15-4-7-17(19)26-15/h2-7H,8-13H2,1H3,(H,20,23). The van der Waals surface area contributed by atoms with Crippen molar-refractivity contribution in [2.75, 3.05) is 32.4 Å². The van der Waals surface area contributed by atoms with Gasteiger partial charge in [-0.1, -0.05) is 12.1 Å². The smallest absolute Gasteiger partial charge is 0.317 e. The number of carbonyl (C=O) groups excluding carboxylic acids is 1. The van der Waals surface area contributed by atoms with Gasteiger partial charge in [-0.15, -0.1) is 11.3 Å². The summed E-state index contributed by atoms with van der Waals surface area (Å²) in [6.45, 7) is 4.40. The van der Waals surface area contributed by atoms with Gasteiger partial charge in [-0.2, -0.15) is 0 Å². The molecule has 1 aliphatic heterocycles. The molecule has 1 aromatic heterocycles. The molecular formula is C18H22BrN3O3S2. The summed E-state index contributed by atoms with van der Waals surface area (Å²) in [7, 11) is -3.20. The lowest BCUT2D eigenvalue weighted by Crippen LogP contribution is -2.51. The SMILES string of the molecule is CS(=O)(=O)c1ccc(CNC(=O)N2CCN(Cc3ccc(Br)s3)CC2)cc1. The lowest BCUT2D eigenvalue weighted by atomic mass is 10.2. The van der Waals surface area contributed by atoms with Gasteiger partial charge in [0.1, 0.15) is 0 Å². The van der Waals surface area contributed by atoms with E-state index >= 15 is 0 Å². The maximum atomic E-state index is 12.4. The van der Waals surface area contributed by atoms with Crippen LogP contribution in [0, 0.1) is 0 Å². The molecule has 9 heteroatoms. The molecule has 3 rings (SSSR count). The van der Waals surface area contributed by atoms with E-state index in [-0.39, 0.29) is 10.9 Å². The highest BCUT2D eigenvalue weighted by atomic mass is 79.9. The van der Waals surface area contributed by atoms with Crippen LogP contribution < -0.4 is 5.32 Å². The first-order valence-electron chi connectivity index (χ1n) is 8.59. The van der Waals surface area contributed by atoms with Crippen molar-refractivity contribution in [2.24, 2.45) is 0 Å². The number of thiophene rings is 1. The van der Waals surface area contributed by atoms with Crippen molar-refractivity contribution >= 4 is 43.1 Å². The highest BCUT2D eigenvalue weighted by Crippen LogP contribution is 2.23. The Morgan fingerprint density at radius 2 is 1.78 bits per heavy atom. The predicted molar refractivity (Wildman–Crippen MR) is 111 cm³/mol. The van der Waals surface area contributed by atoms with E-state index in [0.717, 1.165) is 29.0 Å². The van der Waals surface area contributed by atoms with Gasteiger partial charge in [0.15, 0.2) is 9.84 Å². The highest BCUT2D eigenvalue weighted by molar-refractivity contribution is 9.11. The number of halogens is 1. The van der Waals surface area contributed by atoms with Crippen LogP contribution in [0.2, 0.25) is 0 Å². The molecule has 6 nitrogen and oxygen atoms in total. The van der Waals surface area contributed by atoms with Crippen molar-refractivity contribution < 1.29 is 13.2 Å². The van der Waals surface area contributed by atoms with Gasteiger partial charge in [0.2, 0.25) is 0 Å². The number of hydrogen-bond donors (Lipinski definition) is 1. The molecule has 1 aliphatic rings. The number of hydrogen-bond acceptors (Lipinski definition) is 5. The molecule has 0 radical (unpaired) electrons. The number of rotatable bonds is 5. The molecule has 0 bridgehead atoms. The lowest BCUT2D eigenvalue weighted by molar-refractivity contribution is 0.135. The van der Waals surface area contributed by atoms with Crippen LogP contribution in [0.25, 0.3) is 0 Å². The number of piperazine rings is 1. The Morgan fingerprint density at radius 1 is 1.11 bits per heavy atom. The van der Waals surface area contributed by atoms with Gasteiger partial charge in [0.05, 0.1) is 8.68 Å². The van der Waals surface area contributed by atoms with Crippen molar-refractivity contribution in [3.8, 4) is 0 Å². The summed E-state index contributed by atoms with van der Waals surface area (Å²) in [4.78, 5) is 18.1. The Labute approximate surface area is 172 Å². The number of nitrogens with one attached hydrogen (secondary N) is 1. The van der Waals surface area contributed by atoms with E-state index in [2.05, 4.69) is 38.3 Å². The van der Waals surface area contributed by atoms with Crippen LogP contribution in [0.5, 0.6) is 0 Å². The molecule has 146 valence electrons. The first-order chi connectivity index (χ1) is 12.8. The lowest BCUT2D eigenvalue weighted by Gasteiger charge is -2.34. The predicted octanol–water partition coefficient (Wildman–Crippen LogP) is 2.94. The summed E-state index contributed by atoms with van der Waals surface area (Å²) in [6, 6.07) is 10.7. The minimum Gasteiger partial charge on any atom is -0.334 e. The van der Waals surface area contributed by atoms with Crippen molar-refractivity contribution in [3.63, 3.8) is 0 Å². The molecule has 1 N–H and O–H groups in total. The molecule has 2 aromatic rings. The van der Waals surface area contributed by atoms with Gasteiger partial charge < -0.3 is 10.2 Å². The van der Waals surface area contributed by atoms with Crippen LogP contribution in [-0.4, -0.2) is 56.7 Å². The second-order valence-corrected chi connectivity index (χ2v) is 11.1. The second kappa shape index (κ2) is 8.72. The third-order valence-corrected chi connectivity index (χ3v) is 7.20. The number of benzene rings is 1. The summed E-state index contributed by atoms with van der Waals surface area (Å²) in [5.74, 6) is 0. The average Bonchev–Trinajstić information content (AvgIpc) is 3.04. The molecule has 0 atom stereocenters. The molecule has 0 unspecified atom stereocenters. The second-order valence-electron chi connectivity index (χ2n) is 6.54. The molecule has 1 fully saturated rings. The minimum absolute atomic E-state index is 0.0827. The third kappa shape index (κ3) is 5.78. The van der Waals surface area contributed by atoms with Crippen LogP contribution in [0.4, 0.5) is 4.79 Å². The molecule has 1 saturated heterocycles. The van der Waals surface area contributed by atoms with E-state index in [0.29, 0.717) is 19.6 Å². The quantitative estimate of drug-likeness (QED) is 0.727. The fraction of sp³-hybridized carbons (Fsp3) is 0.389. The van der Waals surface area contributed by atoms with E-state index in [1.807, 2.05) is 4.90 Å². The van der Waals surface area contributed by atoms with Crippen molar-refractivity contribution in [1.29, 1.82) is 0 Å². The Kier molecular flexibility index (Phi) is 6.56. The summed E-state index contributed by atoms with van der Waals surface area (Å²) in [6.07, 6.45) is 1.18.